The molecular weight excluding hydrogens is 356 g/mol. The van der Waals surface area contributed by atoms with Crippen molar-refractivity contribution in [3.8, 4) is 17.3 Å². The Morgan fingerprint density at radius 1 is 1.04 bits per heavy atom. The van der Waals surface area contributed by atoms with E-state index in [1.165, 1.54) is 5.56 Å². The third-order valence-electron chi connectivity index (χ3n) is 4.31. The number of rotatable bonds is 7. The van der Waals surface area contributed by atoms with Crippen molar-refractivity contribution in [3.63, 3.8) is 0 Å². The highest BCUT2D eigenvalue weighted by molar-refractivity contribution is 7.16. The highest BCUT2D eigenvalue weighted by Crippen LogP contribution is 2.27. The first-order valence-electron chi connectivity index (χ1n) is 8.87. The van der Waals surface area contributed by atoms with Gasteiger partial charge >= 0.3 is 0 Å². The summed E-state index contributed by atoms with van der Waals surface area (Å²) in [6, 6.07) is 16.1. The van der Waals surface area contributed by atoms with Crippen LogP contribution in [0.2, 0.25) is 0 Å². The summed E-state index contributed by atoms with van der Waals surface area (Å²) in [6.45, 7) is 0.843. The zero-order valence-corrected chi connectivity index (χ0v) is 15.9. The highest BCUT2D eigenvalue weighted by Gasteiger charge is 2.10. The summed E-state index contributed by atoms with van der Waals surface area (Å²) in [5.74, 6) is 2.42. The van der Waals surface area contributed by atoms with Gasteiger partial charge < -0.3 is 10.1 Å². The number of aryl methyl sites for hydroxylation is 1. The van der Waals surface area contributed by atoms with Gasteiger partial charge in [0.25, 0.3) is 0 Å². The predicted molar refractivity (Wildman–Crippen MR) is 110 cm³/mol. The van der Waals surface area contributed by atoms with Crippen LogP contribution in [0.25, 0.3) is 21.7 Å². The first kappa shape index (κ1) is 17.4. The van der Waals surface area contributed by atoms with Crippen LogP contribution in [0, 0.1) is 0 Å². The molecule has 0 bridgehead atoms. The van der Waals surface area contributed by atoms with E-state index in [0.29, 0.717) is 5.82 Å². The van der Waals surface area contributed by atoms with E-state index in [-0.39, 0.29) is 0 Å². The second kappa shape index (κ2) is 8.14. The van der Waals surface area contributed by atoms with Crippen LogP contribution >= 0.6 is 11.3 Å². The smallest absolute Gasteiger partial charge is 0.181 e. The van der Waals surface area contributed by atoms with Crippen molar-refractivity contribution in [1.82, 2.24) is 15.0 Å². The number of hydrogen-bond donors (Lipinski definition) is 1. The van der Waals surface area contributed by atoms with Crippen LogP contribution in [-0.4, -0.2) is 28.6 Å². The molecule has 0 unspecified atom stereocenters. The quantitative estimate of drug-likeness (QED) is 0.469. The fraction of sp³-hybridized carbons (Fsp3) is 0.190. The van der Waals surface area contributed by atoms with Crippen molar-refractivity contribution >= 4 is 27.4 Å². The Balaban J connectivity index is 1.45. The molecule has 1 aromatic carbocycles. The minimum Gasteiger partial charge on any atom is -0.497 e. The third-order valence-corrected chi connectivity index (χ3v) is 5.12. The summed E-state index contributed by atoms with van der Waals surface area (Å²) < 4.78 is 5.20. The number of nitrogens with one attached hydrogen (secondary N) is 1. The molecule has 5 nitrogen and oxygen atoms in total. The van der Waals surface area contributed by atoms with Gasteiger partial charge in [-0.2, -0.15) is 0 Å². The van der Waals surface area contributed by atoms with Crippen molar-refractivity contribution < 1.29 is 4.74 Å². The fourth-order valence-electron chi connectivity index (χ4n) is 2.89. The topological polar surface area (TPSA) is 59.9 Å². The number of thiophene rings is 1. The summed E-state index contributed by atoms with van der Waals surface area (Å²) >= 11 is 1.62. The van der Waals surface area contributed by atoms with Crippen molar-refractivity contribution in [3.05, 3.63) is 65.7 Å². The van der Waals surface area contributed by atoms with Gasteiger partial charge in [0.05, 0.1) is 12.5 Å². The molecule has 0 spiro atoms. The van der Waals surface area contributed by atoms with Crippen molar-refractivity contribution in [2.24, 2.45) is 0 Å². The van der Waals surface area contributed by atoms with Crippen molar-refractivity contribution in [1.29, 1.82) is 0 Å². The summed E-state index contributed by atoms with van der Waals surface area (Å²) in [7, 11) is 1.69. The van der Waals surface area contributed by atoms with Gasteiger partial charge in [0.2, 0.25) is 0 Å². The lowest BCUT2D eigenvalue weighted by atomic mass is 10.1. The zero-order valence-electron chi connectivity index (χ0n) is 15.1. The Morgan fingerprint density at radius 3 is 2.70 bits per heavy atom. The fourth-order valence-corrected chi connectivity index (χ4v) is 3.66. The molecule has 0 radical (unpaired) electrons. The molecule has 0 aliphatic rings. The first-order chi connectivity index (χ1) is 13.3. The van der Waals surface area contributed by atoms with E-state index in [4.69, 9.17) is 9.72 Å². The maximum Gasteiger partial charge on any atom is 0.181 e. The molecule has 0 amide bonds. The summed E-state index contributed by atoms with van der Waals surface area (Å²) in [6.07, 6.45) is 3.78. The van der Waals surface area contributed by atoms with Gasteiger partial charge in [0, 0.05) is 12.7 Å². The summed E-state index contributed by atoms with van der Waals surface area (Å²) in [5, 5.41) is 6.58. The molecule has 4 aromatic rings. The number of benzene rings is 1. The normalized spacial score (nSPS) is 10.9. The second-order valence-electron chi connectivity index (χ2n) is 6.13. The van der Waals surface area contributed by atoms with Crippen LogP contribution in [0.4, 0.5) is 5.82 Å². The molecule has 3 heterocycles. The van der Waals surface area contributed by atoms with Crippen LogP contribution in [0.15, 0.2) is 60.1 Å². The number of fused-ring (bicyclic) bond motifs is 1. The van der Waals surface area contributed by atoms with Gasteiger partial charge in [-0.05, 0) is 54.1 Å². The Bertz CT molecular complexity index is 1020. The Morgan fingerprint density at radius 2 is 1.93 bits per heavy atom. The molecule has 0 atom stereocenters. The first-order valence-corrected chi connectivity index (χ1v) is 9.75. The lowest BCUT2D eigenvalue weighted by Crippen LogP contribution is -2.06. The predicted octanol–water partition coefficient (Wildman–Crippen LogP) is 4.81. The molecule has 0 saturated heterocycles. The van der Waals surface area contributed by atoms with Gasteiger partial charge in [-0.1, -0.05) is 18.2 Å². The van der Waals surface area contributed by atoms with Crippen LogP contribution in [-0.2, 0) is 6.42 Å². The van der Waals surface area contributed by atoms with E-state index < -0.39 is 0 Å². The van der Waals surface area contributed by atoms with Crippen LogP contribution in [0.3, 0.4) is 0 Å². The summed E-state index contributed by atoms with van der Waals surface area (Å²) in [5.41, 5.74) is 2.09. The number of pyridine rings is 1. The molecule has 136 valence electrons. The van der Waals surface area contributed by atoms with Gasteiger partial charge in [-0.3, -0.25) is 4.98 Å². The van der Waals surface area contributed by atoms with Gasteiger partial charge in [0.1, 0.15) is 22.1 Å². The molecule has 1 N–H and O–H groups in total. The Kier molecular flexibility index (Phi) is 5.25. The van der Waals surface area contributed by atoms with Crippen LogP contribution in [0.5, 0.6) is 5.75 Å². The van der Waals surface area contributed by atoms with Gasteiger partial charge in [-0.25, -0.2) is 9.97 Å². The summed E-state index contributed by atoms with van der Waals surface area (Å²) in [4.78, 5) is 14.7. The molecule has 4 rings (SSSR count). The molecule has 6 heteroatoms. The largest absolute Gasteiger partial charge is 0.497 e. The van der Waals surface area contributed by atoms with E-state index >= 15 is 0 Å². The van der Waals surface area contributed by atoms with E-state index in [1.54, 1.807) is 24.6 Å². The lowest BCUT2D eigenvalue weighted by molar-refractivity contribution is 0.414. The second-order valence-corrected chi connectivity index (χ2v) is 7.02. The molecule has 3 aromatic heterocycles. The van der Waals surface area contributed by atoms with Crippen molar-refractivity contribution in [2.45, 2.75) is 12.8 Å². The molecule has 0 aliphatic carbocycles. The number of aromatic nitrogens is 3. The van der Waals surface area contributed by atoms with Gasteiger partial charge in [0.15, 0.2) is 5.82 Å². The van der Waals surface area contributed by atoms with Crippen LogP contribution < -0.4 is 10.1 Å². The highest BCUT2D eigenvalue weighted by atomic mass is 32.1. The lowest BCUT2D eigenvalue weighted by Gasteiger charge is -2.09. The zero-order chi connectivity index (χ0) is 18.5. The van der Waals surface area contributed by atoms with Crippen LogP contribution in [0.1, 0.15) is 12.0 Å². The Hall–Kier alpha value is -2.99. The number of nitrogens with zero attached hydrogens (tertiary/aromatic N) is 3. The average molecular weight is 376 g/mol. The number of methoxy groups -OCH3 is 1. The van der Waals surface area contributed by atoms with Crippen molar-refractivity contribution in [2.75, 3.05) is 19.0 Å². The monoisotopic (exact) mass is 376 g/mol. The number of hydrogen-bond acceptors (Lipinski definition) is 6. The minimum atomic E-state index is 0.656. The Labute approximate surface area is 162 Å². The third kappa shape index (κ3) is 4.06. The van der Waals surface area contributed by atoms with E-state index in [2.05, 4.69) is 33.5 Å². The SMILES string of the molecule is COc1ccc(CCCNc2nc(-c3ccccn3)nc3sccc23)cc1. The maximum absolute atomic E-state index is 5.20. The number of ether oxygens (including phenoxy) is 1. The average Bonchev–Trinajstić information content (AvgIpc) is 3.21. The van der Waals surface area contributed by atoms with E-state index in [0.717, 1.165) is 46.9 Å². The van der Waals surface area contributed by atoms with Gasteiger partial charge in [-0.15, -0.1) is 11.3 Å². The standard InChI is InChI=1S/C21H20N4OS/c1-26-16-9-7-15(8-10-16)5-4-13-23-19-17-11-14-27-21(17)25-20(24-19)18-6-2-3-12-22-18/h2-3,6-12,14H,4-5,13H2,1H3,(H,23,24,25). The molecule has 27 heavy (non-hydrogen) atoms. The number of anilines is 1. The molecular formula is C21H20N4OS. The molecule has 0 aliphatic heterocycles. The van der Waals surface area contributed by atoms with E-state index in [1.807, 2.05) is 35.7 Å². The minimum absolute atomic E-state index is 0.656. The molecule has 0 saturated carbocycles. The molecule has 0 fully saturated rings. The maximum atomic E-state index is 5.20. The van der Waals surface area contributed by atoms with E-state index in [9.17, 15) is 0 Å².